The van der Waals surface area contributed by atoms with E-state index in [-0.39, 0.29) is 11.5 Å². The predicted octanol–water partition coefficient (Wildman–Crippen LogP) is 5.24. The van der Waals surface area contributed by atoms with Crippen molar-refractivity contribution in [1.29, 1.82) is 0 Å². The molecule has 140 valence electrons. The maximum Gasteiger partial charge on any atom is 0.221 e. The van der Waals surface area contributed by atoms with E-state index in [0.717, 1.165) is 43.4 Å². The number of rotatable bonds is 1. The second-order valence-electron chi connectivity index (χ2n) is 9.80. The summed E-state index contributed by atoms with van der Waals surface area (Å²) >= 11 is 0. The Bertz CT molecular complexity index is 763. The molecule has 4 aliphatic rings. The highest BCUT2D eigenvalue weighted by Gasteiger charge is 2.58. The van der Waals surface area contributed by atoms with Crippen molar-refractivity contribution in [2.75, 3.05) is 0 Å². The number of nitrogens with zero attached hydrogens (tertiary/aromatic N) is 1. The van der Waals surface area contributed by atoms with Crippen molar-refractivity contribution in [2.45, 2.75) is 65.4 Å². The van der Waals surface area contributed by atoms with E-state index in [1.807, 2.05) is 0 Å². The van der Waals surface area contributed by atoms with Gasteiger partial charge in [-0.15, -0.1) is 0 Å². The zero-order valence-electron chi connectivity index (χ0n) is 16.2. The van der Waals surface area contributed by atoms with Crippen LogP contribution in [0.15, 0.2) is 34.6 Å². The molecule has 1 aromatic heterocycles. The van der Waals surface area contributed by atoms with Crippen LogP contribution < -0.4 is 0 Å². The number of hydrogen-bond donors (Lipinski definition) is 1. The summed E-state index contributed by atoms with van der Waals surface area (Å²) in [5, 5.41) is 10.2. The van der Waals surface area contributed by atoms with Gasteiger partial charge in [-0.25, -0.2) is 4.98 Å². The molecular weight excluding hydrogens is 322 g/mol. The average Bonchev–Trinajstić information content (AvgIpc) is 3.23. The maximum absolute atomic E-state index is 10.2. The van der Waals surface area contributed by atoms with Gasteiger partial charge in [0.2, 0.25) is 5.89 Å². The first-order valence-electron chi connectivity index (χ1n) is 10.4. The van der Waals surface area contributed by atoms with Crippen LogP contribution in [-0.2, 0) is 0 Å². The number of aliphatic hydroxyl groups excluding tert-OH is 1. The zero-order valence-corrected chi connectivity index (χ0v) is 16.2. The Balaban J connectivity index is 1.52. The first-order valence-corrected chi connectivity index (χ1v) is 10.4. The number of oxazole rings is 1. The van der Waals surface area contributed by atoms with Crippen molar-refractivity contribution in [3.63, 3.8) is 0 Å². The summed E-state index contributed by atoms with van der Waals surface area (Å²) in [5.41, 5.74) is 3.38. The summed E-state index contributed by atoms with van der Waals surface area (Å²) in [5.74, 6) is 3.58. The predicted molar refractivity (Wildman–Crippen MR) is 102 cm³/mol. The van der Waals surface area contributed by atoms with Crippen molar-refractivity contribution in [3.05, 3.63) is 36.1 Å². The molecule has 1 heterocycles. The van der Waals surface area contributed by atoms with Crippen LogP contribution in [0.1, 0.15) is 65.2 Å². The number of aromatic nitrogens is 1. The highest BCUT2D eigenvalue weighted by Crippen LogP contribution is 2.67. The minimum absolute atomic E-state index is 0.128. The molecule has 4 aliphatic carbocycles. The fraction of sp³-hybridized carbons (Fsp3) is 0.696. The lowest BCUT2D eigenvalue weighted by Crippen LogP contribution is -2.52. The van der Waals surface area contributed by atoms with Crippen molar-refractivity contribution >= 4 is 5.57 Å². The first kappa shape index (κ1) is 16.8. The Hall–Kier alpha value is -1.35. The molecule has 26 heavy (non-hydrogen) atoms. The summed E-state index contributed by atoms with van der Waals surface area (Å²) in [7, 11) is 0. The summed E-state index contributed by atoms with van der Waals surface area (Å²) in [4.78, 5) is 4.47. The lowest BCUT2D eigenvalue weighted by atomic mass is 9.45. The van der Waals surface area contributed by atoms with Crippen LogP contribution in [0.25, 0.3) is 5.57 Å². The molecule has 3 nitrogen and oxygen atoms in total. The van der Waals surface area contributed by atoms with E-state index < -0.39 is 0 Å². The minimum Gasteiger partial charge on any atom is -0.445 e. The second kappa shape index (κ2) is 5.58. The van der Waals surface area contributed by atoms with Gasteiger partial charge in [0.1, 0.15) is 6.26 Å². The third-order valence-corrected chi connectivity index (χ3v) is 8.65. The largest absolute Gasteiger partial charge is 0.445 e. The SMILES string of the molecule is C[C@@H]1C=C2C[C@@H](O)CC[C@]2(C)[C@H]2CC[C@]3(C)C(c4ncco4)=CC[C@H]3[C@H]12. The molecule has 3 heteroatoms. The van der Waals surface area contributed by atoms with Crippen molar-refractivity contribution < 1.29 is 9.52 Å². The highest BCUT2D eigenvalue weighted by atomic mass is 16.3. The van der Waals surface area contributed by atoms with Gasteiger partial charge in [-0.2, -0.15) is 0 Å². The van der Waals surface area contributed by atoms with Crippen LogP contribution in [0.2, 0.25) is 0 Å². The standard InChI is InChI=1S/C23H31NO2/c1-14-12-15-13-16(25)6-8-22(15,2)18-7-9-23(3)17(20(14)18)4-5-19(23)21-24-10-11-26-21/h5,10-12,14,16-18,20,25H,4,6-9,13H2,1-3H3/t14-,16+,17+,18+,20+,22+,23+/m1/s1. The maximum atomic E-state index is 10.2. The Morgan fingerprint density at radius 1 is 1.15 bits per heavy atom. The molecule has 0 saturated heterocycles. The molecule has 7 atom stereocenters. The first-order chi connectivity index (χ1) is 12.4. The van der Waals surface area contributed by atoms with Gasteiger partial charge in [-0.3, -0.25) is 0 Å². The van der Waals surface area contributed by atoms with Crippen LogP contribution in [-0.4, -0.2) is 16.2 Å². The Kier molecular flexibility index (Phi) is 3.60. The van der Waals surface area contributed by atoms with Gasteiger partial charge in [0.05, 0.1) is 12.3 Å². The molecule has 0 unspecified atom stereocenters. The molecule has 1 aromatic rings. The van der Waals surface area contributed by atoms with E-state index in [1.165, 1.54) is 18.4 Å². The monoisotopic (exact) mass is 353 g/mol. The summed E-state index contributed by atoms with van der Waals surface area (Å²) in [6, 6.07) is 0. The van der Waals surface area contributed by atoms with E-state index in [1.54, 1.807) is 18.0 Å². The Labute approximate surface area is 156 Å². The smallest absolute Gasteiger partial charge is 0.221 e. The molecule has 0 radical (unpaired) electrons. The van der Waals surface area contributed by atoms with Gasteiger partial charge in [0, 0.05) is 11.0 Å². The van der Waals surface area contributed by atoms with E-state index in [2.05, 4.69) is 37.9 Å². The van der Waals surface area contributed by atoms with Crippen molar-refractivity contribution in [2.24, 2.45) is 34.5 Å². The van der Waals surface area contributed by atoms with Crippen LogP contribution in [0.3, 0.4) is 0 Å². The Morgan fingerprint density at radius 3 is 2.73 bits per heavy atom. The topological polar surface area (TPSA) is 46.3 Å². The van der Waals surface area contributed by atoms with Gasteiger partial charge >= 0.3 is 0 Å². The Morgan fingerprint density at radius 2 is 1.96 bits per heavy atom. The number of fused-ring (bicyclic) bond motifs is 5. The van der Waals surface area contributed by atoms with Crippen molar-refractivity contribution in [3.8, 4) is 0 Å². The third kappa shape index (κ3) is 2.13. The fourth-order valence-electron chi connectivity index (χ4n) is 7.26. The third-order valence-electron chi connectivity index (χ3n) is 8.65. The van der Waals surface area contributed by atoms with Crippen molar-refractivity contribution in [1.82, 2.24) is 4.98 Å². The quantitative estimate of drug-likeness (QED) is 0.703. The van der Waals surface area contributed by atoms with E-state index >= 15 is 0 Å². The molecule has 0 spiro atoms. The van der Waals surface area contributed by atoms with E-state index in [9.17, 15) is 5.11 Å². The molecule has 1 N–H and O–H groups in total. The van der Waals surface area contributed by atoms with Crippen LogP contribution in [0.4, 0.5) is 0 Å². The normalized spacial score (nSPS) is 47.5. The van der Waals surface area contributed by atoms with Crippen LogP contribution in [0, 0.1) is 34.5 Å². The molecule has 0 aromatic carbocycles. The molecule has 2 fully saturated rings. The van der Waals surface area contributed by atoms with Gasteiger partial charge in [-0.05, 0) is 67.6 Å². The number of allylic oxidation sites excluding steroid dienone is 3. The lowest BCUT2D eigenvalue weighted by molar-refractivity contribution is -0.0429. The molecule has 0 aliphatic heterocycles. The zero-order chi connectivity index (χ0) is 18.1. The van der Waals surface area contributed by atoms with Crippen LogP contribution >= 0.6 is 0 Å². The highest BCUT2D eigenvalue weighted by molar-refractivity contribution is 5.67. The lowest BCUT2D eigenvalue weighted by Gasteiger charge is -2.59. The summed E-state index contributed by atoms with van der Waals surface area (Å²) < 4.78 is 5.69. The molecule has 0 bridgehead atoms. The fourth-order valence-corrected chi connectivity index (χ4v) is 7.26. The average molecular weight is 354 g/mol. The minimum atomic E-state index is -0.128. The van der Waals surface area contributed by atoms with E-state index in [0.29, 0.717) is 17.3 Å². The van der Waals surface area contributed by atoms with Crippen LogP contribution in [0.5, 0.6) is 0 Å². The summed E-state index contributed by atoms with van der Waals surface area (Å²) in [6.45, 7) is 7.37. The molecule has 2 saturated carbocycles. The van der Waals surface area contributed by atoms with E-state index in [4.69, 9.17) is 4.42 Å². The summed E-state index contributed by atoms with van der Waals surface area (Å²) in [6.07, 6.45) is 15.0. The molecule has 5 rings (SSSR count). The number of aliphatic hydroxyl groups is 1. The van der Waals surface area contributed by atoms with Gasteiger partial charge in [-0.1, -0.05) is 38.5 Å². The second-order valence-corrected chi connectivity index (χ2v) is 9.80. The van der Waals surface area contributed by atoms with Gasteiger partial charge < -0.3 is 9.52 Å². The molecule has 0 amide bonds. The molecular formula is C23H31NO2. The number of hydrogen-bond acceptors (Lipinski definition) is 3. The van der Waals surface area contributed by atoms with Gasteiger partial charge in [0.15, 0.2) is 0 Å². The van der Waals surface area contributed by atoms with Gasteiger partial charge in [0.25, 0.3) is 0 Å².